The van der Waals surface area contributed by atoms with Crippen LogP contribution in [0.1, 0.15) is 17.9 Å². The van der Waals surface area contributed by atoms with Gasteiger partial charge in [-0.3, -0.25) is 15.4 Å². The fraction of sp³-hybridized carbons (Fsp3) is 0.385. The molecule has 1 aromatic carbocycles. The average Bonchev–Trinajstić information content (AvgIpc) is 2.38. The lowest BCUT2D eigenvalue weighted by Crippen LogP contribution is -2.66. The number of piperidine rings is 1. The van der Waals surface area contributed by atoms with Crippen LogP contribution in [0.25, 0.3) is 0 Å². The first-order valence-electron chi connectivity index (χ1n) is 6.25. The number of nitrogens with one attached hydrogen (secondary N) is 3. The van der Waals surface area contributed by atoms with Gasteiger partial charge in [0.15, 0.2) is 0 Å². The largest absolute Gasteiger partial charge is 0.322 e. The van der Waals surface area contributed by atoms with Gasteiger partial charge < -0.3 is 5.32 Å². The molecule has 1 aromatic rings. The van der Waals surface area contributed by atoms with E-state index in [0.29, 0.717) is 5.02 Å². The van der Waals surface area contributed by atoms with E-state index in [4.69, 9.17) is 11.6 Å². The van der Waals surface area contributed by atoms with E-state index in [9.17, 15) is 9.59 Å². The Morgan fingerprint density at radius 3 is 2.63 bits per heavy atom. The maximum atomic E-state index is 12.1. The zero-order chi connectivity index (χ0) is 13.4. The van der Waals surface area contributed by atoms with Gasteiger partial charge in [-0.05, 0) is 36.6 Å². The van der Waals surface area contributed by atoms with E-state index in [-0.39, 0.29) is 23.9 Å². The van der Waals surface area contributed by atoms with Crippen LogP contribution in [-0.4, -0.2) is 24.6 Å². The molecule has 100 valence electrons. The summed E-state index contributed by atoms with van der Waals surface area (Å²) in [4.78, 5) is 23.4. The lowest BCUT2D eigenvalue weighted by molar-refractivity contribution is -0.127. The van der Waals surface area contributed by atoms with Crippen LogP contribution in [0.15, 0.2) is 24.3 Å². The number of urea groups is 1. The predicted octanol–water partition coefficient (Wildman–Crippen LogP) is 1.20. The zero-order valence-electron chi connectivity index (χ0n) is 10.2. The minimum Gasteiger partial charge on any atom is -0.322 e. The minimum atomic E-state index is -0.435. The van der Waals surface area contributed by atoms with Crippen molar-refractivity contribution in [1.29, 1.82) is 0 Å². The fourth-order valence-corrected chi connectivity index (χ4v) is 2.99. The summed E-state index contributed by atoms with van der Waals surface area (Å²) in [5.74, 6) is -0.419. The number of fused-ring (bicyclic) bond motifs is 1. The number of imide groups is 1. The monoisotopic (exact) mass is 279 g/mol. The molecule has 3 N–H and O–H groups in total. The minimum absolute atomic E-state index is 0.0871. The van der Waals surface area contributed by atoms with Gasteiger partial charge >= 0.3 is 6.03 Å². The summed E-state index contributed by atoms with van der Waals surface area (Å²) < 4.78 is 0. The number of halogens is 1. The average molecular weight is 280 g/mol. The SMILES string of the molecule is O=C1NC(=O)C2C(NCCC2c2ccc(Cl)cc2)N1. The Bertz CT molecular complexity index is 517. The molecule has 2 heterocycles. The van der Waals surface area contributed by atoms with E-state index in [0.717, 1.165) is 18.5 Å². The summed E-state index contributed by atoms with van der Waals surface area (Å²) in [6.07, 6.45) is 0.558. The number of carbonyl (C=O) groups is 2. The zero-order valence-corrected chi connectivity index (χ0v) is 10.9. The van der Waals surface area contributed by atoms with Gasteiger partial charge in [0, 0.05) is 5.02 Å². The molecule has 3 unspecified atom stereocenters. The molecule has 5 nitrogen and oxygen atoms in total. The number of rotatable bonds is 1. The molecule has 0 aromatic heterocycles. The fourth-order valence-electron chi connectivity index (χ4n) is 2.86. The first kappa shape index (κ1) is 12.4. The van der Waals surface area contributed by atoms with E-state index in [1.807, 2.05) is 24.3 Å². The molecule has 3 atom stereocenters. The Labute approximate surface area is 115 Å². The van der Waals surface area contributed by atoms with Crippen molar-refractivity contribution in [3.63, 3.8) is 0 Å². The van der Waals surface area contributed by atoms with Crippen molar-refractivity contribution < 1.29 is 9.59 Å². The van der Waals surface area contributed by atoms with Crippen LogP contribution in [0.5, 0.6) is 0 Å². The van der Waals surface area contributed by atoms with Crippen LogP contribution in [0.4, 0.5) is 4.79 Å². The van der Waals surface area contributed by atoms with E-state index >= 15 is 0 Å². The maximum Gasteiger partial charge on any atom is 0.322 e. The molecule has 3 rings (SSSR count). The van der Waals surface area contributed by atoms with Crippen LogP contribution in [0.2, 0.25) is 5.02 Å². The molecule has 0 radical (unpaired) electrons. The molecule has 0 aliphatic carbocycles. The number of amides is 3. The molecule has 6 heteroatoms. The van der Waals surface area contributed by atoms with Crippen molar-refractivity contribution in [3.05, 3.63) is 34.9 Å². The standard InChI is InChI=1S/C13H14ClN3O2/c14-8-3-1-7(2-4-8)9-5-6-15-11-10(9)12(18)17-13(19)16-11/h1-4,9-11,15H,5-6H2,(H2,16,17,18,19). The van der Waals surface area contributed by atoms with Gasteiger partial charge in [-0.15, -0.1) is 0 Å². The summed E-state index contributed by atoms with van der Waals surface area (Å²) in [5, 5.41) is 8.94. The first-order chi connectivity index (χ1) is 9.15. The van der Waals surface area contributed by atoms with Gasteiger partial charge in [-0.25, -0.2) is 4.79 Å². The van der Waals surface area contributed by atoms with Crippen LogP contribution >= 0.6 is 11.6 Å². The molecular formula is C13H14ClN3O2. The molecule has 0 bridgehead atoms. The van der Waals surface area contributed by atoms with Crippen molar-refractivity contribution >= 4 is 23.5 Å². The topological polar surface area (TPSA) is 70.2 Å². The number of hydrogen-bond donors (Lipinski definition) is 3. The van der Waals surface area contributed by atoms with Crippen LogP contribution in [-0.2, 0) is 4.79 Å². The van der Waals surface area contributed by atoms with Crippen molar-refractivity contribution in [1.82, 2.24) is 16.0 Å². The molecule has 0 saturated carbocycles. The lowest BCUT2D eigenvalue weighted by atomic mass is 9.78. The molecular weight excluding hydrogens is 266 g/mol. The van der Waals surface area contributed by atoms with Crippen molar-refractivity contribution in [2.24, 2.45) is 5.92 Å². The summed E-state index contributed by atoms with van der Waals surface area (Å²) in [5.41, 5.74) is 1.08. The highest BCUT2D eigenvalue weighted by Gasteiger charge is 2.43. The van der Waals surface area contributed by atoms with Crippen LogP contribution in [0.3, 0.4) is 0 Å². The van der Waals surface area contributed by atoms with Crippen molar-refractivity contribution in [2.45, 2.75) is 18.5 Å². The van der Waals surface area contributed by atoms with Gasteiger partial charge in [0.05, 0.1) is 12.1 Å². The normalized spacial score (nSPS) is 30.3. The van der Waals surface area contributed by atoms with E-state index < -0.39 is 6.03 Å². The Kier molecular flexibility index (Phi) is 3.16. The summed E-state index contributed by atoms with van der Waals surface area (Å²) >= 11 is 5.89. The smallest absolute Gasteiger partial charge is 0.322 e. The lowest BCUT2D eigenvalue weighted by Gasteiger charge is -2.41. The molecule has 2 saturated heterocycles. The molecule has 19 heavy (non-hydrogen) atoms. The number of hydrogen-bond acceptors (Lipinski definition) is 3. The van der Waals surface area contributed by atoms with Gasteiger partial charge in [0.25, 0.3) is 0 Å². The van der Waals surface area contributed by atoms with Crippen molar-refractivity contribution in [2.75, 3.05) is 6.54 Å². The van der Waals surface area contributed by atoms with Crippen molar-refractivity contribution in [3.8, 4) is 0 Å². The van der Waals surface area contributed by atoms with Gasteiger partial charge in [0.1, 0.15) is 0 Å². The van der Waals surface area contributed by atoms with Gasteiger partial charge in [-0.2, -0.15) is 0 Å². The second-order valence-corrected chi connectivity index (χ2v) is 5.30. The Hall–Kier alpha value is -1.59. The third-order valence-electron chi connectivity index (χ3n) is 3.74. The molecule has 2 fully saturated rings. The first-order valence-corrected chi connectivity index (χ1v) is 6.63. The molecule has 2 aliphatic heterocycles. The highest BCUT2D eigenvalue weighted by atomic mass is 35.5. The second kappa shape index (κ2) is 4.83. The van der Waals surface area contributed by atoms with E-state index in [1.165, 1.54) is 0 Å². The van der Waals surface area contributed by atoms with E-state index in [2.05, 4.69) is 16.0 Å². The van der Waals surface area contributed by atoms with Gasteiger partial charge in [0.2, 0.25) is 5.91 Å². The summed E-state index contributed by atoms with van der Waals surface area (Å²) in [6, 6.07) is 7.11. The summed E-state index contributed by atoms with van der Waals surface area (Å²) in [6.45, 7) is 0.766. The number of carbonyl (C=O) groups excluding carboxylic acids is 2. The van der Waals surface area contributed by atoms with Crippen LogP contribution < -0.4 is 16.0 Å². The third kappa shape index (κ3) is 2.31. The Morgan fingerprint density at radius 2 is 1.89 bits per heavy atom. The molecule has 0 spiro atoms. The van der Waals surface area contributed by atoms with Gasteiger partial charge in [-0.1, -0.05) is 23.7 Å². The molecule has 2 aliphatic rings. The summed E-state index contributed by atoms with van der Waals surface area (Å²) in [7, 11) is 0. The highest BCUT2D eigenvalue weighted by Crippen LogP contribution is 2.34. The highest BCUT2D eigenvalue weighted by molar-refractivity contribution is 6.30. The van der Waals surface area contributed by atoms with Crippen LogP contribution in [0, 0.1) is 5.92 Å². The predicted molar refractivity (Wildman–Crippen MR) is 70.8 cm³/mol. The third-order valence-corrected chi connectivity index (χ3v) is 3.99. The Morgan fingerprint density at radius 1 is 1.16 bits per heavy atom. The Balaban J connectivity index is 1.90. The van der Waals surface area contributed by atoms with E-state index in [1.54, 1.807) is 0 Å². The molecule has 3 amide bonds. The quantitative estimate of drug-likeness (QED) is 0.723. The maximum absolute atomic E-state index is 12.1. The number of benzene rings is 1. The second-order valence-electron chi connectivity index (χ2n) is 4.87.